The van der Waals surface area contributed by atoms with E-state index in [1.165, 1.54) is 18.3 Å². The van der Waals surface area contributed by atoms with Crippen LogP contribution in [0, 0.1) is 5.82 Å². The number of carbonyl (C=O) groups is 2. The highest BCUT2D eigenvalue weighted by Gasteiger charge is 2.43. The van der Waals surface area contributed by atoms with E-state index < -0.39 is 17.3 Å². The minimum absolute atomic E-state index is 0.298. The van der Waals surface area contributed by atoms with E-state index >= 15 is 0 Å². The minimum atomic E-state index is -1.27. The Labute approximate surface area is 166 Å². The third kappa shape index (κ3) is 2.52. The summed E-state index contributed by atoms with van der Waals surface area (Å²) < 4.78 is 20.4. The van der Waals surface area contributed by atoms with Crippen LogP contribution >= 0.6 is 0 Å². The Morgan fingerprint density at radius 3 is 2.76 bits per heavy atom. The quantitative estimate of drug-likeness (QED) is 0.769. The molecule has 0 saturated carbocycles. The third-order valence-corrected chi connectivity index (χ3v) is 5.98. The fraction of sp³-hybridized carbons (Fsp3) is 0.217. The Kier molecular flexibility index (Phi) is 3.68. The molecule has 0 amide bonds. The molecule has 2 heterocycles. The zero-order valence-electron chi connectivity index (χ0n) is 15.7. The lowest BCUT2D eigenvalue weighted by Crippen LogP contribution is -2.38. The number of nitrogens with one attached hydrogen (secondary N) is 1. The molecule has 2 aromatic rings. The van der Waals surface area contributed by atoms with Crippen molar-refractivity contribution in [3.63, 3.8) is 0 Å². The second-order valence-electron chi connectivity index (χ2n) is 7.77. The number of aliphatic carboxylic acids is 1. The van der Waals surface area contributed by atoms with E-state index in [4.69, 9.17) is 4.74 Å². The predicted octanol–water partition coefficient (Wildman–Crippen LogP) is 3.27. The maximum Gasteiger partial charge on any atom is 0.341 e. The molecule has 29 heavy (non-hydrogen) atoms. The van der Waals surface area contributed by atoms with Crippen molar-refractivity contribution in [1.29, 1.82) is 0 Å². The van der Waals surface area contributed by atoms with Crippen molar-refractivity contribution in [3.8, 4) is 16.9 Å². The summed E-state index contributed by atoms with van der Waals surface area (Å²) in [6.45, 7) is 2.47. The number of ketones is 1. The number of carboxylic acids is 1. The van der Waals surface area contributed by atoms with Crippen molar-refractivity contribution in [2.45, 2.75) is 25.3 Å². The molecule has 2 aromatic carbocycles. The number of hydrogen-bond acceptors (Lipinski definition) is 4. The van der Waals surface area contributed by atoms with Crippen LogP contribution in [0.1, 0.15) is 23.6 Å². The minimum Gasteiger partial charge on any atom is -0.492 e. The molecule has 146 valence electrons. The number of benzene rings is 2. The summed E-state index contributed by atoms with van der Waals surface area (Å²) >= 11 is 0. The van der Waals surface area contributed by atoms with E-state index in [1.54, 1.807) is 18.2 Å². The number of fused-ring (bicyclic) bond motifs is 5. The number of allylic oxidation sites excluding steroid dienone is 1. The second kappa shape index (κ2) is 6.04. The third-order valence-electron chi connectivity index (χ3n) is 5.98. The van der Waals surface area contributed by atoms with E-state index in [2.05, 4.69) is 5.32 Å². The van der Waals surface area contributed by atoms with Crippen molar-refractivity contribution in [2.24, 2.45) is 0 Å². The van der Waals surface area contributed by atoms with Gasteiger partial charge in [0, 0.05) is 35.7 Å². The Morgan fingerprint density at radius 1 is 1.21 bits per heavy atom. The second-order valence-corrected chi connectivity index (χ2v) is 7.77. The first-order valence-corrected chi connectivity index (χ1v) is 9.43. The molecule has 5 nitrogen and oxygen atoms in total. The van der Waals surface area contributed by atoms with Gasteiger partial charge in [-0.1, -0.05) is 18.2 Å². The van der Waals surface area contributed by atoms with Crippen LogP contribution in [0.2, 0.25) is 0 Å². The van der Waals surface area contributed by atoms with Gasteiger partial charge in [0.1, 0.15) is 17.1 Å². The Bertz CT molecular complexity index is 1160. The predicted molar refractivity (Wildman–Crippen MR) is 105 cm³/mol. The van der Waals surface area contributed by atoms with Gasteiger partial charge in [-0.05, 0) is 41.8 Å². The topological polar surface area (TPSA) is 75.6 Å². The van der Waals surface area contributed by atoms with Gasteiger partial charge in [0.25, 0.3) is 0 Å². The Balaban J connectivity index is 1.75. The fourth-order valence-electron chi connectivity index (χ4n) is 4.56. The normalized spacial score (nSPS) is 21.8. The molecule has 0 bridgehead atoms. The molecule has 1 aliphatic carbocycles. The molecule has 1 atom stereocenters. The smallest absolute Gasteiger partial charge is 0.341 e. The first kappa shape index (κ1) is 17.7. The van der Waals surface area contributed by atoms with Gasteiger partial charge in [-0.25, -0.2) is 9.18 Å². The Hall–Kier alpha value is -3.41. The average Bonchev–Trinajstić information content (AvgIpc) is 3.22. The summed E-state index contributed by atoms with van der Waals surface area (Å²) in [6.07, 6.45) is 4.00. The SMILES string of the molecule is CC12Cc3c(cc(-c4ccccc4F)c4c3CCO4)C1=CC(=O)C(C(=O)O)=CN2. The first-order valence-electron chi connectivity index (χ1n) is 9.43. The van der Waals surface area contributed by atoms with Crippen LogP contribution in [0.15, 0.2) is 48.2 Å². The average molecular weight is 391 g/mol. The Morgan fingerprint density at radius 2 is 2.00 bits per heavy atom. The number of ether oxygens (including phenoxy) is 1. The van der Waals surface area contributed by atoms with Crippen LogP contribution in [0.4, 0.5) is 4.39 Å². The van der Waals surface area contributed by atoms with Crippen LogP contribution in [0.5, 0.6) is 5.75 Å². The summed E-state index contributed by atoms with van der Waals surface area (Å²) in [7, 11) is 0. The molecular formula is C23H18FNO4. The van der Waals surface area contributed by atoms with Crippen molar-refractivity contribution >= 4 is 17.3 Å². The molecule has 0 aromatic heterocycles. The van der Waals surface area contributed by atoms with Gasteiger partial charge in [0.15, 0.2) is 5.78 Å². The summed E-state index contributed by atoms with van der Waals surface area (Å²) in [5.74, 6) is -1.47. The maximum absolute atomic E-state index is 14.6. The summed E-state index contributed by atoms with van der Waals surface area (Å²) in [5, 5.41) is 12.5. The molecule has 0 fully saturated rings. The van der Waals surface area contributed by atoms with E-state index in [9.17, 15) is 19.1 Å². The summed E-state index contributed by atoms with van der Waals surface area (Å²) in [5.41, 5.74) is 3.84. The van der Waals surface area contributed by atoms with Crippen molar-refractivity contribution < 1.29 is 23.8 Å². The number of hydrogen-bond donors (Lipinski definition) is 2. The number of carbonyl (C=O) groups excluding carboxylic acids is 1. The molecule has 0 spiro atoms. The summed E-state index contributed by atoms with van der Waals surface area (Å²) in [6, 6.07) is 8.40. The lowest BCUT2D eigenvalue weighted by molar-refractivity contribution is -0.134. The highest BCUT2D eigenvalue weighted by Crippen LogP contribution is 2.50. The number of halogens is 1. The lowest BCUT2D eigenvalue weighted by Gasteiger charge is -2.26. The van der Waals surface area contributed by atoms with Gasteiger partial charge < -0.3 is 15.2 Å². The molecule has 0 saturated heterocycles. The van der Waals surface area contributed by atoms with Gasteiger partial charge in [-0.2, -0.15) is 0 Å². The van der Waals surface area contributed by atoms with Crippen LogP contribution in [-0.4, -0.2) is 29.0 Å². The van der Waals surface area contributed by atoms with Crippen LogP contribution in [-0.2, 0) is 22.4 Å². The van der Waals surface area contributed by atoms with Gasteiger partial charge in [-0.3, -0.25) is 4.79 Å². The van der Waals surface area contributed by atoms with E-state index in [0.717, 1.165) is 22.3 Å². The molecule has 3 aliphatic rings. The van der Waals surface area contributed by atoms with Crippen molar-refractivity contribution in [2.75, 3.05) is 6.61 Å². The molecule has 5 rings (SSSR count). The summed E-state index contributed by atoms with van der Waals surface area (Å²) in [4.78, 5) is 23.9. The monoisotopic (exact) mass is 391 g/mol. The molecular weight excluding hydrogens is 373 g/mol. The number of rotatable bonds is 2. The highest BCUT2D eigenvalue weighted by atomic mass is 19.1. The standard InChI is InChI=1S/C23H18FNO4/c1-23-10-16-13-6-7-29-21(13)15(12-4-2-3-5-19(12)24)8-14(16)18(23)9-20(26)17(11-25-23)22(27)28/h2-5,8-9,11,25H,6-7,10H2,1H3,(H,27,28). The van der Waals surface area contributed by atoms with E-state index in [-0.39, 0.29) is 11.4 Å². The lowest BCUT2D eigenvalue weighted by atomic mass is 9.91. The van der Waals surface area contributed by atoms with Crippen LogP contribution in [0.25, 0.3) is 16.7 Å². The molecule has 2 N–H and O–H groups in total. The first-order chi connectivity index (χ1) is 13.9. The van der Waals surface area contributed by atoms with Gasteiger partial charge in [-0.15, -0.1) is 0 Å². The number of carboxylic acid groups (broad SMARTS) is 1. The highest BCUT2D eigenvalue weighted by molar-refractivity contribution is 6.23. The van der Waals surface area contributed by atoms with E-state index in [0.29, 0.717) is 36.3 Å². The van der Waals surface area contributed by atoms with Gasteiger partial charge >= 0.3 is 5.97 Å². The molecule has 6 heteroatoms. The van der Waals surface area contributed by atoms with Gasteiger partial charge in [0.2, 0.25) is 0 Å². The van der Waals surface area contributed by atoms with E-state index in [1.807, 2.05) is 13.0 Å². The zero-order valence-corrected chi connectivity index (χ0v) is 15.7. The molecule has 1 unspecified atom stereocenters. The zero-order chi connectivity index (χ0) is 20.3. The van der Waals surface area contributed by atoms with Crippen molar-refractivity contribution in [1.82, 2.24) is 5.32 Å². The molecule has 0 radical (unpaired) electrons. The molecule has 2 aliphatic heterocycles. The van der Waals surface area contributed by atoms with Crippen LogP contribution < -0.4 is 10.1 Å². The largest absolute Gasteiger partial charge is 0.492 e. The maximum atomic E-state index is 14.6. The van der Waals surface area contributed by atoms with Crippen LogP contribution in [0.3, 0.4) is 0 Å². The van der Waals surface area contributed by atoms with Gasteiger partial charge in [0.05, 0.1) is 12.1 Å². The fourth-order valence-corrected chi connectivity index (χ4v) is 4.56. The van der Waals surface area contributed by atoms with Crippen molar-refractivity contribution in [3.05, 3.63) is 70.7 Å².